The molecule has 3 aromatic rings. The third-order valence-corrected chi connectivity index (χ3v) is 28.4. The average Bonchev–Trinajstić information content (AvgIpc) is 1.65. The van der Waals surface area contributed by atoms with Crippen molar-refractivity contribution >= 4 is 83.2 Å². The molecule has 0 radical (unpaired) electrons. The summed E-state index contributed by atoms with van der Waals surface area (Å²) in [7, 11) is -33.0. The van der Waals surface area contributed by atoms with Gasteiger partial charge >= 0.3 is 13.3 Å². The number of carbonyl (C=O) groups is 1. The number of benzene rings is 2. The number of nitrogens with one attached hydrogen (secondary N) is 3. The Hall–Kier alpha value is -4.13. The molecule has 36 heteroatoms. The molecule has 474 valence electrons. The first kappa shape index (κ1) is 70.0. The molecular formula is C49H73N6O23P4S3+. The molecule has 11 N–H and O–H groups in total. The fraction of sp³-hybridized carbons (Fsp3) is 0.551. The molecule has 29 nitrogen and oxygen atoms in total. The van der Waals surface area contributed by atoms with E-state index >= 15 is 0 Å². The van der Waals surface area contributed by atoms with Crippen LogP contribution in [0.25, 0.3) is 0 Å². The first-order valence-electron chi connectivity index (χ1n) is 26.6. The number of fused-ring (bicyclic) bond motifs is 2. The second-order valence-corrected chi connectivity index (χ2v) is 36.6. The molecule has 3 aliphatic heterocycles. The van der Waals surface area contributed by atoms with Crippen molar-refractivity contribution < 1.29 is 100 Å². The standard InChI is InChI=1S/C49H72N6O23P4S3/c1-34-29-55(47(59)52-46(34)58)45-28-40(56)41(78-45)30-77-82(66,67)33-80(62,63)31-79(60,61)32-81(64,65)51-22-21-50-44(57)17-6-5-9-20-49(4)36-13-7-8-14-38(36)54(24-12-26-84(71,72)73)43(49)16-10-15-42-48(2,3)37-27-35(85(74,75)76)18-19-39(37)53(42)23-11-25-83(68,69)70/h7-8,10,13-16,18-19,27,29,40-41,45,56H,5-6,9,11-12,17,20-26,28,30-33H2,1-4H3,(H9-,50,51,52,57,58,59,60,61,62,63,64,65,66,67,68,69,70,71,72,73,74,75,76)/p+1/t40?,41-,45-,49?/m1/s1. The lowest BCUT2D eigenvalue weighted by Gasteiger charge is -2.30. The predicted molar refractivity (Wildman–Crippen MR) is 314 cm³/mol. The van der Waals surface area contributed by atoms with Gasteiger partial charge in [0.05, 0.1) is 34.5 Å². The zero-order valence-electron chi connectivity index (χ0n) is 46.9. The van der Waals surface area contributed by atoms with Crippen LogP contribution in [0.4, 0.5) is 11.4 Å². The molecule has 8 atom stereocenters. The summed E-state index contributed by atoms with van der Waals surface area (Å²) in [5.74, 6) is -6.02. The number of aliphatic hydroxyl groups is 1. The van der Waals surface area contributed by atoms with Crippen molar-refractivity contribution in [2.75, 3.05) is 66.9 Å². The molecule has 0 bridgehead atoms. The number of H-pyrrole nitrogens is 1. The second-order valence-electron chi connectivity index (χ2n) is 22.0. The van der Waals surface area contributed by atoms with E-state index in [4.69, 9.17) is 9.26 Å². The van der Waals surface area contributed by atoms with E-state index in [1.54, 1.807) is 16.7 Å². The number of rotatable bonds is 31. The molecule has 3 aliphatic rings. The van der Waals surface area contributed by atoms with Crippen LogP contribution in [-0.4, -0.2) is 164 Å². The summed E-state index contributed by atoms with van der Waals surface area (Å²) in [6, 6.07) is 11.6. The van der Waals surface area contributed by atoms with Crippen molar-refractivity contribution in [1.29, 1.82) is 0 Å². The number of para-hydroxylation sites is 1. The zero-order valence-corrected chi connectivity index (χ0v) is 52.9. The lowest BCUT2D eigenvalue weighted by Crippen LogP contribution is -2.33. The first-order valence-corrected chi connectivity index (χ1v) is 39.0. The van der Waals surface area contributed by atoms with Gasteiger partial charge in [-0.1, -0.05) is 37.1 Å². The smallest absolute Gasteiger partial charge is 0.337 e. The number of anilines is 1. The molecule has 0 saturated carbocycles. The van der Waals surface area contributed by atoms with Gasteiger partial charge in [0.15, 0.2) is 5.71 Å². The second kappa shape index (κ2) is 27.3. The number of hydrogen-bond donors (Lipinski definition) is 11. The van der Waals surface area contributed by atoms with Crippen LogP contribution in [0, 0.1) is 6.92 Å². The Morgan fingerprint density at radius 3 is 2.19 bits per heavy atom. The van der Waals surface area contributed by atoms with Gasteiger partial charge < -0.3 is 44.2 Å². The average molecular weight is 1330 g/mol. The number of aromatic amines is 1. The molecule has 85 heavy (non-hydrogen) atoms. The molecule has 4 heterocycles. The lowest BCUT2D eigenvalue weighted by atomic mass is 9.77. The van der Waals surface area contributed by atoms with E-state index in [1.807, 2.05) is 56.0 Å². The van der Waals surface area contributed by atoms with Crippen molar-refractivity contribution in [3.05, 3.63) is 110 Å². The maximum absolute atomic E-state index is 13.0. The van der Waals surface area contributed by atoms with Gasteiger partial charge in [-0.3, -0.25) is 51.1 Å². The third-order valence-electron chi connectivity index (χ3n) is 14.6. The highest BCUT2D eigenvalue weighted by Gasteiger charge is 2.47. The van der Waals surface area contributed by atoms with Crippen LogP contribution in [0.1, 0.15) is 95.1 Å². The Balaban J connectivity index is 1.03. The molecule has 6 unspecified atom stereocenters. The SMILES string of the molecule is Cc1cn([C@H]2CC(O)[C@@H](COP(=O)(O)CP(=O)(O)CP(=O)(O)CP(=O)(O)NCCNC(=O)CCCCCC3(C)C(=CC=CC4=[N+](CCCS(=O)(=O)O)c5ccc(S(=O)(=O)O)cc5C4(C)C)N(CCCS(=O)(=O)O)c4ccccc43)O2)c(=O)[nH]c1=O. The largest absolute Gasteiger partial charge is 0.390 e. The maximum Gasteiger partial charge on any atom is 0.337 e. The van der Waals surface area contributed by atoms with E-state index in [1.165, 1.54) is 31.3 Å². The lowest BCUT2D eigenvalue weighted by molar-refractivity contribution is -0.437. The minimum atomic E-state index is -5.05. The third kappa shape index (κ3) is 19.2. The van der Waals surface area contributed by atoms with E-state index in [0.717, 1.165) is 21.5 Å². The molecule has 1 aromatic heterocycles. The quantitative estimate of drug-likeness (QED) is 0.0187. The van der Waals surface area contributed by atoms with Crippen LogP contribution < -0.4 is 26.6 Å². The Labute approximate surface area is 491 Å². The van der Waals surface area contributed by atoms with Crippen molar-refractivity contribution in [3.8, 4) is 0 Å². The van der Waals surface area contributed by atoms with Crippen molar-refractivity contribution in [2.24, 2.45) is 0 Å². The van der Waals surface area contributed by atoms with Gasteiger partial charge in [-0.05, 0) is 76.8 Å². The summed E-state index contributed by atoms with van der Waals surface area (Å²) >= 11 is 0. The molecular weight excluding hydrogens is 1260 g/mol. The van der Waals surface area contributed by atoms with Crippen molar-refractivity contribution in [2.45, 2.75) is 113 Å². The van der Waals surface area contributed by atoms with Crippen LogP contribution in [0.5, 0.6) is 0 Å². The summed E-state index contributed by atoms with van der Waals surface area (Å²) in [5, 5.41) is 15.2. The molecule has 2 aromatic carbocycles. The summed E-state index contributed by atoms with van der Waals surface area (Å²) in [6.45, 7) is 5.94. The van der Waals surface area contributed by atoms with E-state index in [9.17, 15) is 96.2 Å². The number of ether oxygens (including phenoxy) is 1. The molecule has 0 aliphatic carbocycles. The normalized spacial score (nSPS) is 23.1. The van der Waals surface area contributed by atoms with Gasteiger partial charge in [-0.15, -0.1) is 0 Å². The fourth-order valence-electron chi connectivity index (χ4n) is 10.7. The number of aryl methyl sites for hydroxylation is 1. The number of allylic oxidation sites excluding steroid dienone is 4. The van der Waals surface area contributed by atoms with Gasteiger partial charge in [-0.2, -0.15) is 29.8 Å². The zero-order chi connectivity index (χ0) is 63.4. The van der Waals surface area contributed by atoms with Gasteiger partial charge in [0.25, 0.3) is 43.4 Å². The Morgan fingerprint density at radius 2 is 1.52 bits per heavy atom. The van der Waals surface area contributed by atoms with Crippen LogP contribution >= 0.6 is 29.9 Å². The van der Waals surface area contributed by atoms with E-state index < -0.39 is 142 Å². The molecule has 6 rings (SSSR count). The number of unbranched alkanes of at least 4 members (excludes halogenated alkanes) is 2. The van der Waals surface area contributed by atoms with E-state index in [2.05, 4.69) is 15.4 Å². The highest BCUT2D eigenvalue weighted by molar-refractivity contribution is 7.86. The van der Waals surface area contributed by atoms with Gasteiger partial charge in [0, 0.05) is 85.2 Å². The van der Waals surface area contributed by atoms with Crippen LogP contribution in [0.2, 0.25) is 0 Å². The number of hydrogen-bond acceptors (Lipinski definition) is 17. The van der Waals surface area contributed by atoms with E-state index in [0.29, 0.717) is 42.6 Å². The van der Waals surface area contributed by atoms with Crippen LogP contribution in [0.15, 0.2) is 87.1 Å². The Morgan fingerprint density at radius 1 is 0.859 bits per heavy atom. The summed E-state index contributed by atoms with van der Waals surface area (Å²) in [4.78, 5) is 82.4. The monoisotopic (exact) mass is 1330 g/mol. The maximum atomic E-state index is 13.0. The van der Waals surface area contributed by atoms with Gasteiger partial charge in [0.2, 0.25) is 26.3 Å². The molecule has 1 fully saturated rings. The minimum absolute atomic E-state index is 0.00269. The molecule has 1 saturated heterocycles. The Kier molecular flexibility index (Phi) is 22.5. The topological polar surface area (TPSA) is 453 Å². The van der Waals surface area contributed by atoms with Gasteiger partial charge in [0.1, 0.15) is 36.6 Å². The number of carbonyl (C=O) groups excluding carboxylic acids is 1. The van der Waals surface area contributed by atoms with Gasteiger partial charge in [-0.25, -0.2) is 9.88 Å². The van der Waals surface area contributed by atoms with Crippen LogP contribution in [0.3, 0.4) is 0 Å². The fourth-order valence-corrected chi connectivity index (χ4v) is 23.5. The first-order chi connectivity index (χ1) is 39.1. The highest BCUT2D eigenvalue weighted by atomic mass is 32.2. The van der Waals surface area contributed by atoms with Crippen molar-refractivity contribution in [3.63, 3.8) is 0 Å². The summed E-state index contributed by atoms with van der Waals surface area (Å²) in [5.41, 5.74) is 1.17. The predicted octanol–water partition coefficient (Wildman–Crippen LogP) is 4.05. The summed E-state index contributed by atoms with van der Waals surface area (Å²) < 4.78 is 165. The van der Waals surface area contributed by atoms with Crippen molar-refractivity contribution in [1.82, 2.24) is 20.0 Å². The number of aromatic nitrogens is 2. The Bertz CT molecular complexity index is 3800. The number of nitrogens with zero attached hydrogens (tertiary/aromatic N) is 3. The minimum Gasteiger partial charge on any atom is -0.390 e. The van der Waals surface area contributed by atoms with E-state index in [-0.39, 0.29) is 62.3 Å². The summed E-state index contributed by atoms with van der Waals surface area (Å²) in [6.07, 6.45) is 4.70. The molecule has 0 spiro atoms. The highest BCUT2D eigenvalue weighted by Crippen LogP contribution is 2.67. The molecule has 1 amide bonds. The number of amides is 1. The number of aliphatic hydroxyl groups excluding tert-OH is 1. The van der Waals surface area contributed by atoms with Crippen LogP contribution in [-0.2, 0) is 73.5 Å².